The summed E-state index contributed by atoms with van der Waals surface area (Å²) in [7, 11) is 0.401. The molecule has 1 aliphatic carbocycles. The zero-order valence-electron chi connectivity index (χ0n) is 13.8. The summed E-state index contributed by atoms with van der Waals surface area (Å²) >= 11 is 0. The van der Waals surface area contributed by atoms with Crippen molar-refractivity contribution in [1.82, 2.24) is 0 Å². The molecule has 130 valence electrons. The van der Waals surface area contributed by atoms with Crippen LogP contribution >= 0.6 is 8.81 Å². The molecule has 0 saturated carbocycles. The number of anilines is 1. The minimum atomic E-state index is -0.696. The molecular formula is C19H19FNO3P. The van der Waals surface area contributed by atoms with Crippen LogP contribution in [0, 0.1) is 11.7 Å². The molecule has 3 atom stereocenters. The lowest BCUT2D eigenvalue weighted by Gasteiger charge is -2.46. The number of carbonyl (C=O) groups is 2. The highest BCUT2D eigenvalue weighted by Gasteiger charge is 2.49. The van der Waals surface area contributed by atoms with Gasteiger partial charge >= 0.3 is 0 Å². The van der Waals surface area contributed by atoms with E-state index in [1.807, 2.05) is 24.3 Å². The summed E-state index contributed by atoms with van der Waals surface area (Å²) in [5.41, 5.74) is 1.55. The van der Waals surface area contributed by atoms with Crippen LogP contribution in [0.1, 0.15) is 13.3 Å². The Morgan fingerprint density at radius 2 is 2.08 bits per heavy atom. The number of nitrogens with zero attached hydrogens (tertiary/aromatic N) is 1. The van der Waals surface area contributed by atoms with Gasteiger partial charge in [0.05, 0.1) is 14.8 Å². The summed E-state index contributed by atoms with van der Waals surface area (Å²) in [4.78, 5) is 25.3. The maximum absolute atomic E-state index is 13.2. The van der Waals surface area contributed by atoms with Crippen LogP contribution in [-0.4, -0.2) is 24.4 Å². The first-order valence-electron chi connectivity index (χ1n) is 8.16. The third-order valence-corrected chi connectivity index (χ3v) is 4.87. The van der Waals surface area contributed by atoms with Crippen LogP contribution in [0.5, 0.6) is 0 Å². The van der Waals surface area contributed by atoms with Gasteiger partial charge in [0.25, 0.3) is 0 Å². The SMILES string of the molecule is CCPOC1=CC=C(C2C(C=O)C(=O)N2c2ccc(F)cc2)CC=C1. The lowest BCUT2D eigenvalue weighted by molar-refractivity contribution is -0.133. The molecule has 3 unspecified atom stereocenters. The number of benzene rings is 1. The molecule has 1 saturated heterocycles. The van der Waals surface area contributed by atoms with E-state index in [2.05, 4.69) is 6.92 Å². The number of hydrogen-bond acceptors (Lipinski definition) is 3. The van der Waals surface area contributed by atoms with Crippen LogP contribution < -0.4 is 4.90 Å². The third kappa shape index (κ3) is 3.57. The van der Waals surface area contributed by atoms with Crippen LogP contribution in [0.4, 0.5) is 10.1 Å². The quantitative estimate of drug-likeness (QED) is 0.336. The smallest absolute Gasteiger partial charge is 0.240 e. The third-order valence-electron chi connectivity index (χ3n) is 4.20. The summed E-state index contributed by atoms with van der Waals surface area (Å²) in [5.74, 6) is -0.540. The Balaban J connectivity index is 1.87. The average Bonchev–Trinajstić information content (AvgIpc) is 2.85. The van der Waals surface area contributed by atoms with E-state index in [1.54, 1.807) is 17.0 Å². The fourth-order valence-electron chi connectivity index (χ4n) is 3.00. The number of amides is 1. The highest BCUT2D eigenvalue weighted by atomic mass is 31.1. The van der Waals surface area contributed by atoms with Gasteiger partial charge in [-0.1, -0.05) is 19.1 Å². The van der Waals surface area contributed by atoms with Gasteiger partial charge in [0.15, 0.2) is 0 Å². The minimum absolute atomic E-state index is 0.256. The number of hydrogen-bond donors (Lipinski definition) is 0. The van der Waals surface area contributed by atoms with Gasteiger partial charge in [-0.15, -0.1) is 0 Å². The molecule has 1 amide bonds. The Kier molecular flexibility index (Phi) is 5.44. The second kappa shape index (κ2) is 7.75. The molecule has 1 fully saturated rings. The minimum Gasteiger partial charge on any atom is -0.477 e. The van der Waals surface area contributed by atoms with E-state index in [4.69, 9.17) is 4.52 Å². The lowest BCUT2D eigenvalue weighted by atomic mass is 9.81. The van der Waals surface area contributed by atoms with Crippen LogP contribution in [0.25, 0.3) is 0 Å². The van der Waals surface area contributed by atoms with Crippen molar-refractivity contribution >= 4 is 26.7 Å². The van der Waals surface area contributed by atoms with Gasteiger partial charge in [0.2, 0.25) is 5.91 Å². The predicted molar refractivity (Wildman–Crippen MR) is 97.1 cm³/mol. The molecule has 6 heteroatoms. The molecule has 1 heterocycles. The topological polar surface area (TPSA) is 46.6 Å². The van der Waals surface area contributed by atoms with E-state index < -0.39 is 5.92 Å². The van der Waals surface area contributed by atoms with Gasteiger partial charge in [-0.2, -0.15) is 0 Å². The normalized spacial score (nSPS) is 23.1. The maximum Gasteiger partial charge on any atom is 0.240 e. The first-order chi connectivity index (χ1) is 12.2. The fourth-order valence-corrected chi connectivity index (χ4v) is 3.44. The van der Waals surface area contributed by atoms with E-state index in [0.717, 1.165) is 17.5 Å². The van der Waals surface area contributed by atoms with E-state index in [0.29, 0.717) is 27.2 Å². The van der Waals surface area contributed by atoms with Gasteiger partial charge in [-0.05, 0) is 54.6 Å². The lowest BCUT2D eigenvalue weighted by Crippen LogP contribution is -2.62. The van der Waals surface area contributed by atoms with Crippen molar-refractivity contribution in [2.24, 2.45) is 5.92 Å². The highest BCUT2D eigenvalue weighted by Crippen LogP contribution is 2.38. The summed E-state index contributed by atoms with van der Waals surface area (Å²) in [6.07, 6.45) is 9.93. The number of aldehydes is 1. The van der Waals surface area contributed by atoms with Crippen LogP contribution in [-0.2, 0) is 14.1 Å². The van der Waals surface area contributed by atoms with Crippen molar-refractivity contribution in [3.63, 3.8) is 0 Å². The number of β-lactam (4-membered cyclic amide) rings is 1. The second-order valence-corrected chi connectivity index (χ2v) is 7.01. The molecule has 2 aliphatic rings. The molecule has 0 radical (unpaired) electrons. The van der Waals surface area contributed by atoms with Crippen molar-refractivity contribution in [3.8, 4) is 0 Å². The number of halogens is 1. The Bertz CT molecular complexity index is 754. The number of allylic oxidation sites excluding steroid dienone is 4. The second-order valence-electron chi connectivity index (χ2n) is 5.81. The van der Waals surface area contributed by atoms with Crippen molar-refractivity contribution < 1.29 is 18.5 Å². The molecule has 0 spiro atoms. The standard InChI is InChI=1S/C19H19FNO3P/c1-2-25-24-16-5-3-4-13(6-11-16)18-17(12-22)19(23)21(18)15-9-7-14(20)8-10-15/h3,5-12,17-18,25H,2,4H2,1H3. The van der Waals surface area contributed by atoms with Crippen molar-refractivity contribution in [1.29, 1.82) is 0 Å². The van der Waals surface area contributed by atoms with Crippen LogP contribution in [0.3, 0.4) is 0 Å². The molecule has 3 rings (SSSR count). The van der Waals surface area contributed by atoms with E-state index in [1.165, 1.54) is 12.1 Å². The Morgan fingerprint density at radius 1 is 1.32 bits per heavy atom. The summed E-state index contributed by atoms with van der Waals surface area (Å²) < 4.78 is 18.8. The molecule has 0 N–H and O–H groups in total. The molecule has 25 heavy (non-hydrogen) atoms. The average molecular weight is 359 g/mol. The summed E-state index contributed by atoms with van der Waals surface area (Å²) in [6.45, 7) is 2.05. The predicted octanol–water partition coefficient (Wildman–Crippen LogP) is 3.76. The van der Waals surface area contributed by atoms with Crippen molar-refractivity contribution in [2.45, 2.75) is 19.4 Å². The molecular weight excluding hydrogens is 340 g/mol. The Morgan fingerprint density at radius 3 is 2.76 bits per heavy atom. The van der Waals surface area contributed by atoms with Crippen molar-refractivity contribution in [2.75, 3.05) is 11.1 Å². The van der Waals surface area contributed by atoms with E-state index in [9.17, 15) is 14.0 Å². The van der Waals surface area contributed by atoms with Gasteiger partial charge in [-0.25, -0.2) is 4.39 Å². The van der Waals surface area contributed by atoms with Crippen LogP contribution in [0.15, 0.2) is 59.9 Å². The molecule has 0 aromatic heterocycles. The van der Waals surface area contributed by atoms with E-state index in [-0.39, 0.29) is 17.8 Å². The molecule has 1 aliphatic heterocycles. The zero-order valence-corrected chi connectivity index (χ0v) is 14.8. The largest absolute Gasteiger partial charge is 0.477 e. The Labute approximate surface area is 147 Å². The monoisotopic (exact) mass is 359 g/mol. The van der Waals surface area contributed by atoms with E-state index >= 15 is 0 Å². The van der Waals surface area contributed by atoms with Gasteiger partial charge in [0, 0.05) is 5.69 Å². The maximum atomic E-state index is 13.2. The summed E-state index contributed by atoms with van der Waals surface area (Å²) in [5, 5.41) is 0. The first-order valence-corrected chi connectivity index (χ1v) is 9.28. The number of carbonyl (C=O) groups excluding carboxylic acids is 2. The molecule has 1 aromatic rings. The highest BCUT2D eigenvalue weighted by molar-refractivity contribution is 7.32. The zero-order chi connectivity index (χ0) is 17.8. The Hall–Kier alpha value is -2.26. The van der Waals surface area contributed by atoms with Gasteiger partial charge in [0.1, 0.15) is 23.8 Å². The summed E-state index contributed by atoms with van der Waals surface area (Å²) in [6, 6.07) is 5.39. The fraction of sp³-hybridized carbons (Fsp3) is 0.263. The molecule has 4 nitrogen and oxygen atoms in total. The van der Waals surface area contributed by atoms with Crippen LogP contribution in [0.2, 0.25) is 0 Å². The number of rotatable bonds is 6. The van der Waals surface area contributed by atoms with Crippen molar-refractivity contribution in [3.05, 3.63) is 65.7 Å². The molecule has 1 aromatic carbocycles. The first kappa shape index (κ1) is 17.6. The molecule has 0 bridgehead atoms. The van der Waals surface area contributed by atoms with Gasteiger partial charge < -0.3 is 14.2 Å². The van der Waals surface area contributed by atoms with Gasteiger partial charge in [-0.3, -0.25) is 4.79 Å².